The smallest absolute Gasteiger partial charge is 0.325 e. The van der Waals surface area contributed by atoms with Crippen LogP contribution in [-0.4, -0.2) is 37.9 Å². The fraction of sp³-hybridized carbons (Fsp3) is 0.750. The molecule has 4 aliphatic rings. The zero-order valence-corrected chi connectivity index (χ0v) is 18.1. The van der Waals surface area contributed by atoms with Gasteiger partial charge >= 0.3 is 17.9 Å². The first-order valence-electron chi connectivity index (χ1n) is 9.54. The van der Waals surface area contributed by atoms with E-state index in [0.29, 0.717) is 6.42 Å². The van der Waals surface area contributed by atoms with Crippen LogP contribution in [-0.2, 0) is 28.3 Å². The lowest BCUT2D eigenvalue weighted by molar-refractivity contribution is -0.169. The Labute approximate surface area is 160 Å². The number of cyclic esters (lactones) is 2. The molecule has 2 aliphatic heterocycles. The lowest BCUT2D eigenvalue weighted by atomic mass is 9.63. The Morgan fingerprint density at radius 2 is 1.78 bits per heavy atom. The maximum atomic E-state index is 13.0. The first-order valence-corrected chi connectivity index (χ1v) is 12.4. The minimum Gasteiger partial charge on any atom is -0.453 e. The number of ether oxygens (including phenoxy) is 2. The van der Waals surface area contributed by atoms with E-state index < -0.39 is 48.2 Å². The van der Waals surface area contributed by atoms with Crippen molar-refractivity contribution in [3.63, 3.8) is 0 Å². The largest absolute Gasteiger partial charge is 0.453 e. The van der Waals surface area contributed by atoms with Crippen LogP contribution in [0.3, 0.4) is 0 Å². The fourth-order valence-electron chi connectivity index (χ4n) is 5.60. The van der Waals surface area contributed by atoms with Crippen LogP contribution in [0.2, 0.25) is 18.1 Å². The van der Waals surface area contributed by atoms with Crippen LogP contribution in [0.1, 0.15) is 47.5 Å². The van der Waals surface area contributed by atoms with Gasteiger partial charge in [-0.05, 0) is 44.5 Å². The average Bonchev–Trinajstić information content (AvgIpc) is 3.09. The van der Waals surface area contributed by atoms with Crippen molar-refractivity contribution in [2.75, 3.05) is 0 Å². The Morgan fingerprint density at radius 3 is 2.37 bits per heavy atom. The van der Waals surface area contributed by atoms with E-state index in [2.05, 4.69) is 33.9 Å². The van der Waals surface area contributed by atoms with Crippen LogP contribution in [0.5, 0.6) is 0 Å². The SMILES string of the molecule is CC(C)(C)[Si](C)(C)O[C@@H]1[C@]23CC=C[C@]2(OC(=O)C3)[C@]2(C)C(=O)OC(=O)[C@]12C. The molecule has 0 unspecified atom stereocenters. The molecule has 0 radical (unpaired) electrons. The summed E-state index contributed by atoms with van der Waals surface area (Å²) in [4.78, 5) is 38.4. The van der Waals surface area contributed by atoms with Gasteiger partial charge in [-0.1, -0.05) is 26.8 Å². The Balaban J connectivity index is 1.97. The molecule has 2 aliphatic carbocycles. The predicted molar refractivity (Wildman–Crippen MR) is 99.0 cm³/mol. The zero-order valence-electron chi connectivity index (χ0n) is 17.1. The third-order valence-corrected chi connectivity index (χ3v) is 12.8. The highest BCUT2D eigenvalue weighted by Crippen LogP contribution is 2.78. The van der Waals surface area contributed by atoms with Crippen LogP contribution in [0.15, 0.2) is 12.2 Å². The lowest BCUT2D eigenvalue weighted by Crippen LogP contribution is -2.54. The van der Waals surface area contributed by atoms with Crippen molar-refractivity contribution in [1.82, 2.24) is 0 Å². The molecule has 0 aromatic rings. The molecule has 0 bridgehead atoms. The predicted octanol–water partition coefficient (Wildman–Crippen LogP) is 3.12. The normalized spacial score (nSPS) is 45.6. The van der Waals surface area contributed by atoms with Crippen LogP contribution >= 0.6 is 0 Å². The van der Waals surface area contributed by atoms with Gasteiger partial charge in [0.05, 0.1) is 17.9 Å². The number of hydrogen-bond donors (Lipinski definition) is 0. The summed E-state index contributed by atoms with van der Waals surface area (Å²) in [6.07, 6.45) is 3.83. The summed E-state index contributed by atoms with van der Waals surface area (Å²) in [6.45, 7) is 14.1. The highest BCUT2D eigenvalue weighted by Gasteiger charge is 2.91. The van der Waals surface area contributed by atoms with Gasteiger partial charge in [-0.2, -0.15) is 0 Å². The monoisotopic (exact) mass is 392 g/mol. The van der Waals surface area contributed by atoms with E-state index in [1.807, 2.05) is 12.2 Å². The third kappa shape index (κ3) is 1.70. The molecule has 6 nitrogen and oxygen atoms in total. The van der Waals surface area contributed by atoms with Crippen LogP contribution in [0, 0.1) is 16.2 Å². The van der Waals surface area contributed by atoms with Crippen LogP contribution in [0.25, 0.3) is 0 Å². The standard InChI is InChI=1S/C20H28O6Si/c1-16(2,3)27(6,7)26-13-17(4)14(22)24-15(23)18(17,5)20-10-8-9-19(13,20)11-12(21)25-20/h8,10,13H,9,11H2,1-7H3/t13-,17-,18+,19+,20-/m0/s1. The van der Waals surface area contributed by atoms with Gasteiger partial charge in [-0.3, -0.25) is 14.4 Å². The van der Waals surface area contributed by atoms with E-state index >= 15 is 0 Å². The molecule has 0 spiro atoms. The molecule has 2 heterocycles. The number of esters is 3. The quantitative estimate of drug-likeness (QED) is 0.311. The number of allylic oxidation sites excluding steroid dienone is 1. The Kier molecular flexibility index (Phi) is 3.31. The average molecular weight is 393 g/mol. The van der Waals surface area contributed by atoms with E-state index in [1.165, 1.54) is 0 Å². The molecule has 2 saturated heterocycles. The third-order valence-electron chi connectivity index (χ3n) is 8.35. The van der Waals surface area contributed by atoms with Gasteiger partial charge in [0.2, 0.25) is 0 Å². The van der Waals surface area contributed by atoms with E-state index in [9.17, 15) is 14.4 Å². The molecule has 4 rings (SSSR count). The van der Waals surface area contributed by atoms with Gasteiger partial charge in [-0.15, -0.1) is 0 Å². The summed E-state index contributed by atoms with van der Waals surface area (Å²) < 4.78 is 17.9. The van der Waals surface area contributed by atoms with Crippen molar-refractivity contribution in [2.24, 2.45) is 16.2 Å². The van der Waals surface area contributed by atoms with E-state index in [4.69, 9.17) is 13.9 Å². The number of fused-ring (bicyclic) bond motifs is 1. The second-order valence-electron chi connectivity index (χ2n) is 10.4. The fourth-order valence-corrected chi connectivity index (χ4v) is 7.00. The summed E-state index contributed by atoms with van der Waals surface area (Å²) >= 11 is 0. The van der Waals surface area contributed by atoms with Crippen LogP contribution in [0.4, 0.5) is 0 Å². The minimum absolute atomic E-state index is 0.0936. The molecule has 0 N–H and O–H groups in total. The van der Waals surface area contributed by atoms with Gasteiger partial charge in [0.1, 0.15) is 10.8 Å². The van der Waals surface area contributed by atoms with Gasteiger partial charge in [0.25, 0.3) is 0 Å². The topological polar surface area (TPSA) is 78.9 Å². The van der Waals surface area contributed by atoms with E-state index in [1.54, 1.807) is 13.8 Å². The molecule has 5 atom stereocenters. The molecular weight excluding hydrogens is 364 g/mol. The molecule has 3 fully saturated rings. The number of hydrogen-bond acceptors (Lipinski definition) is 6. The zero-order chi connectivity index (χ0) is 20.3. The van der Waals surface area contributed by atoms with E-state index in [-0.39, 0.29) is 17.4 Å². The molecular formula is C20H28O6Si. The molecule has 0 aromatic carbocycles. The molecule has 148 valence electrons. The highest BCUT2D eigenvalue weighted by atomic mass is 28.4. The summed E-state index contributed by atoms with van der Waals surface area (Å²) in [6, 6.07) is 0. The maximum Gasteiger partial charge on any atom is 0.325 e. The lowest BCUT2D eigenvalue weighted by Gasteiger charge is -2.45. The van der Waals surface area contributed by atoms with Crippen molar-refractivity contribution in [2.45, 2.75) is 77.3 Å². The number of carbonyl (C=O) groups is 3. The second-order valence-corrected chi connectivity index (χ2v) is 15.2. The number of rotatable bonds is 2. The van der Waals surface area contributed by atoms with Crippen LogP contribution < -0.4 is 0 Å². The molecule has 1 saturated carbocycles. The van der Waals surface area contributed by atoms with Crippen molar-refractivity contribution in [1.29, 1.82) is 0 Å². The molecule has 27 heavy (non-hydrogen) atoms. The first kappa shape index (κ1) is 18.9. The van der Waals surface area contributed by atoms with Crippen molar-refractivity contribution >= 4 is 26.2 Å². The van der Waals surface area contributed by atoms with Crippen molar-refractivity contribution in [3.05, 3.63) is 12.2 Å². The van der Waals surface area contributed by atoms with Crippen molar-refractivity contribution in [3.8, 4) is 0 Å². The number of carbonyl (C=O) groups excluding carboxylic acids is 3. The van der Waals surface area contributed by atoms with Gasteiger partial charge in [-0.25, -0.2) is 0 Å². The Morgan fingerprint density at radius 1 is 1.15 bits per heavy atom. The van der Waals surface area contributed by atoms with Gasteiger partial charge in [0, 0.05) is 0 Å². The molecule has 7 heteroatoms. The maximum absolute atomic E-state index is 13.0. The summed E-state index contributed by atoms with van der Waals surface area (Å²) in [7, 11) is -2.33. The highest BCUT2D eigenvalue weighted by molar-refractivity contribution is 6.74. The first-order chi connectivity index (χ1) is 12.2. The summed E-state index contributed by atoms with van der Waals surface area (Å²) in [5.74, 6) is -1.54. The Bertz CT molecular complexity index is 810. The minimum atomic E-state index is -2.33. The van der Waals surface area contributed by atoms with Crippen molar-refractivity contribution < 1.29 is 28.3 Å². The second kappa shape index (κ2) is 4.74. The summed E-state index contributed by atoms with van der Waals surface area (Å²) in [5, 5.41) is -0.0936. The molecule has 0 aromatic heterocycles. The Hall–Kier alpha value is -1.47. The summed E-state index contributed by atoms with van der Waals surface area (Å²) in [5.41, 5.74) is -4.45. The van der Waals surface area contributed by atoms with Gasteiger partial charge in [0.15, 0.2) is 13.9 Å². The van der Waals surface area contributed by atoms with Gasteiger partial charge < -0.3 is 13.9 Å². The molecule has 0 amide bonds. The van der Waals surface area contributed by atoms with E-state index in [0.717, 1.165) is 0 Å².